The van der Waals surface area contributed by atoms with Gasteiger partial charge in [-0.25, -0.2) is 0 Å². The van der Waals surface area contributed by atoms with Gasteiger partial charge in [0.1, 0.15) is 30.5 Å². The predicted molar refractivity (Wildman–Crippen MR) is 121 cm³/mol. The van der Waals surface area contributed by atoms with Crippen LogP contribution >= 0.6 is 0 Å². The topological polar surface area (TPSA) is 84.5 Å². The second kappa shape index (κ2) is 10.1. The number of hydrogen-bond donors (Lipinski definition) is 2. The number of fused-ring (bicyclic) bond motifs is 1. The van der Waals surface area contributed by atoms with E-state index in [0.717, 1.165) is 30.8 Å². The summed E-state index contributed by atoms with van der Waals surface area (Å²) in [6.45, 7) is 3.67. The van der Waals surface area contributed by atoms with Crippen LogP contribution in [0.3, 0.4) is 0 Å². The average Bonchev–Trinajstić information content (AvgIpc) is 3.45. The SMILES string of the molecule is COc1coc(C(O)CCc2ccc(O)cc2)c2c(OC)c(OCCN3CCCC3)cc1-2. The molecule has 0 bridgehead atoms. The van der Waals surface area contributed by atoms with Crippen molar-refractivity contribution in [3.05, 3.63) is 47.9 Å². The molecule has 1 atom stereocenters. The number of methoxy groups -OCH3 is 2. The monoisotopic (exact) mass is 441 g/mol. The zero-order valence-electron chi connectivity index (χ0n) is 18.7. The molecule has 1 aliphatic carbocycles. The Balaban J connectivity index is 1.55. The first-order chi connectivity index (χ1) is 15.6. The number of likely N-dealkylation sites (tertiary alicyclic amines) is 1. The molecule has 0 aromatic heterocycles. The predicted octanol–water partition coefficient (Wildman–Crippen LogP) is 4.25. The minimum absolute atomic E-state index is 0.222. The van der Waals surface area contributed by atoms with Crippen molar-refractivity contribution in [3.63, 3.8) is 0 Å². The fourth-order valence-electron chi connectivity index (χ4n) is 4.29. The molecule has 2 N–H and O–H groups in total. The molecular formula is C25H31NO6. The zero-order valence-corrected chi connectivity index (χ0v) is 18.7. The largest absolute Gasteiger partial charge is 0.508 e. The highest BCUT2D eigenvalue weighted by Crippen LogP contribution is 2.51. The van der Waals surface area contributed by atoms with Crippen molar-refractivity contribution in [2.24, 2.45) is 0 Å². The summed E-state index contributed by atoms with van der Waals surface area (Å²) in [7, 11) is 3.17. The molecule has 1 saturated heterocycles. The molecule has 32 heavy (non-hydrogen) atoms. The molecule has 4 rings (SSSR count). The van der Waals surface area contributed by atoms with Gasteiger partial charge < -0.3 is 28.8 Å². The van der Waals surface area contributed by atoms with Gasteiger partial charge in [0.25, 0.3) is 0 Å². The van der Waals surface area contributed by atoms with Crippen molar-refractivity contribution in [2.75, 3.05) is 40.5 Å². The van der Waals surface area contributed by atoms with Crippen LogP contribution in [-0.2, 0) is 6.42 Å². The van der Waals surface area contributed by atoms with Crippen molar-refractivity contribution in [1.82, 2.24) is 4.90 Å². The number of aliphatic hydroxyl groups excluding tert-OH is 1. The van der Waals surface area contributed by atoms with E-state index in [-0.39, 0.29) is 5.75 Å². The molecule has 1 fully saturated rings. The van der Waals surface area contributed by atoms with Crippen LogP contribution in [0.25, 0.3) is 11.1 Å². The molecule has 7 nitrogen and oxygen atoms in total. The van der Waals surface area contributed by atoms with Crippen LogP contribution in [0.5, 0.6) is 23.0 Å². The number of phenols is 1. The van der Waals surface area contributed by atoms with E-state index in [2.05, 4.69) is 4.90 Å². The number of rotatable bonds is 10. The summed E-state index contributed by atoms with van der Waals surface area (Å²) in [5.74, 6) is 2.36. The van der Waals surface area contributed by atoms with Gasteiger partial charge in [0.15, 0.2) is 17.2 Å². The van der Waals surface area contributed by atoms with E-state index in [1.807, 2.05) is 18.2 Å². The van der Waals surface area contributed by atoms with Crippen molar-refractivity contribution in [3.8, 4) is 34.1 Å². The molecule has 7 heteroatoms. The Morgan fingerprint density at radius 2 is 1.81 bits per heavy atom. The number of ether oxygens (including phenoxy) is 3. The highest BCUT2D eigenvalue weighted by atomic mass is 16.5. The van der Waals surface area contributed by atoms with E-state index in [4.69, 9.17) is 18.6 Å². The highest BCUT2D eigenvalue weighted by molar-refractivity contribution is 5.85. The van der Waals surface area contributed by atoms with Crippen LogP contribution < -0.4 is 14.2 Å². The Bertz CT molecular complexity index is 977. The van der Waals surface area contributed by atoms with E-state index in [0.29, 0.717) is 48.0 Å². The standard InChI is InChI=1S/C25H31NO6/c1-29-22-16-32-24(20(28)10-7-17-5-8-18(27)9-6-17)23-19(22)15-21(25(23)30-2)31-14-13-26-11-3-4-12-26/h5-6,8-9,15-16,20,27-28H,3-4,7,10-14H2,1-2H3. The highest BCUT2D eigenvalue weighted by Gasteiger charge is 2.30. The molecule has 1 aromatic carbocycles. The van der Waals surface area contributed by atoms with Crippen LogP contribution in [0, 0.1) is 0 Å². The third-order valence-corrected chi connectivity index (χ3v) is 6.03. The Kier molecular flexibility index (Phi) is 7.07. The van der Waals surface area contributed by atoms with E-state index < -0.39 is 6.10 Å². The van der Waals surface area contributed by atoms with Crippen LogP contribution in [0.4, 0.5) is 0 Å². The van der Waals surface area contributed by atoms with Crippen LogP contribution in [-0.4, -0.2) is 55.6 Å². The molecule has 3 aliphatic rings. The maximum Gasteiger partial charge on any atom is 0.172 e. The van der Waals surface area contributed by atoms with Gasteiger partial charge in [0.05, 0.1) is 19.8 Å². The van der Waals surface area contributed by atoms with E-state index >= 15 is 0 Å². The number of benzene rings is 1. The third-order valence-electron chi connectivity index (χ3n) is 6.03. The van der Waals surface area contributed by atoms with Crippen molar-refractivity contribution in [2.45, 2.75) is 31.8 Å². The number of nitrogens with zero attached hydrogens (tertiary/aromatic N) is 1. The van der Waals surface area contributed by atoms with Crippen LogP contribution in [0.1, 0.15) is 36.7 Å². The first-order valence-electron chi connectivity index (χ1n) is 11.1. The maximum atomic E-state index is 11.0. The quantitative estimate of drug-likeness (QED) is 0.487. The third kappa shape index (κ3) is 4.79. The normalized spacial score (nSPS) is 15.2. The minimum atomic E-state index is -0.842. The lowest BCUT2D eigenvalue weighted by atomic mass is 10.00. The molecule has 0 radical (unpaired) electrons. The number of aliphatic hydroxyl groups is 1. The minimum Gasteiger partial charge on any atom is -0.508 e. The Labute approximate surface area is 188 Å². The van der Waals surface area contributed by atoms with Gasteiger partial charge in [-0.05, 0) is 62.5 Å². The lowest BCUT2D eigenvalue weighted by Gasteiger charge is -2.17. The molecule has 172 valence electrons. The smallest absolute Gasteiger partial charge is 0.172 e. The van der Waals surface area contributed by atoms with Gasteiger partial charge in [-0.15, -0.1) is 0 Å². The van der Waals surface area contributed by atoms with Gasteiger partial charge in [0.2, 0.25) is 0 Å². The molecule has 1 aromatic rings. The second-order valence-electron chi connectivity index (χ2n) is 8.12. The Morgan fingerprint density at radius 1 is 1.06 bits per heavy atom. The molecule has 0 saturated carbocycles. The van der Waals surface area contributed by atoms with E-state index in [1.54, 1.807) is 26.4 Å². The summed E-state index contributed by atoms with van der Waals surface area (Å²) in [5.41, 5.74) is 2.47. The number of aryl methyl sites for hydroxylation is 1. The first-order valence-corrected chi connectivity index (χ1v) is 11.1. The fourth-order valence-corrected chi connectivity index (χ4v) is 4.29. The number of hydrogen-bond acceptors (Lipinski definition) is 7. The first kappa shape index (κ1) is 22.3. The Morgan fingerprint density at radius 3 is 2.50 bits per heavy atom. The van der Waals surface area contributed by atoms with Crippen molar-refractivity contribution < 1.29 is 28.8 Å². The summed E-state index contributed by atoms with van der Waals surface area (Å²) in [4.78, 5) is 2.39. The van der Waals surface area contributed by atoms with Gasteiger partial charge in [0, 0.05) is 12.1 Å². The number of phenolic OH excluding ortho intramolecular Hbond substituents is 1. The van der Waals surface area contributed by atoms with E-state index in [9.17, 15) is 10.2 Å². The molecule has 2 heterocycles. The van der Waals surface area contributed by atoms with Crippen molar-refractivity contribution >= 4 is 0 Å². The van der Waals surface area contributed by atoms with Crippen molar-refractivity contribution in [1.29, 1.82) is 0 Å². The van der Waals surface area contributed by atoms with Gasteiger partial charge >= 0.3 is 0 Å². The molecular weight excluding hydrogens is 410 g/mol. The molecule has 2 aliphatic heterocycles. The zero-order chi connectivity index (χ0) is 22.5. The average molecular weight is 442 g/mol. The summed E-state index contributed by atoms with van der Waals surface area (Å²) in [5, 5.41) is 20.4. The summed E-state index contributed by atoms with van der Waals surface area (Å²) in [6, 6.07) is 8.87. The van der Waals surface area contributed by atoms with Crippen LogP contribution in [0.2, 0.25) is 0 Å². The van der Waals surface area contributed by atoms with E-state index in [1.165, 1.54) is 19.1 Å². The molecule has 0 amide bonds. The second-order valence-corrected chi connectivity index (χ2v) is 8.12. The van der Waals surface area contributed by atoms with Crippen LogP contribution in [0.15, 0.2) is 41.0 Å². The summed E-state index contributed by atoms with van der Waals surface area (Å²) in [6.07, 6.45) is 4.24. The lowest BCUT2D eigenvalue weighted by molar-refractivity contribution is 0.138. The lowest BCUT2D eigenvalue weighted by Crippen LogP contribution is -2.25. The molecule has 0 spiro atoms. The van der Waals surface area contributed by atoms with Gasteiger partial charge in [-0.3, -0.25) is 4.90 Å². The summed E-state index contributed by atoms with van der Waals surface area (Å²) >= 11 is 0. The molecule has 1 unspecified atom stereocenters. The van der Waals surface area contributed by atoms with Gasteiger partial charge in [-0.2, -0.15) is 0 Å². The fraction of sp³-hybridized carbons (Fsp3) is 0.440. The van der Waals surface area contributed by atoms with Gasteiger partial charge in [-0.1, -0.05) is 12.1 Å². The number of aromatic hydroxyl groups is 1. The summed E-state index contributed by atoms with van der Waals surface area (Å²) < 4.78 is 23.1. The maximum absolute atomic E-state index is 11.0. The Hall–Kier alpha value is -2.90.